The first-order chi connectivity index (χ1) is 10.5. The Hall–Kier alpha value is -1.79. The highest BCUT2D eigenvalue weighted by Gasteiger charge is 2.32. The Labute approximate surface area is 134 Å². The van der Waals surface area contributed by atoms with Crippen LogP contribution in [0.3, 0.4) is 0 Å². The lowest BCUT2D eigenvalue weighted by molar-refractivity contribution is -0.128. The summed E-state index contributed by atoms with van der Waals surface area (Å²) in [6, 6.07) is 2.60. The van der Waals surface area contributed by atoms with Crippen molar-refractivity contribution in [2.24, 2.45) is 0 Å². The van der Waals surface area contributed by atoms with Crippen molar-refractivity contribution < 1.29 is 14.7 Å². The first-order valence-corrected chi connectivity index (χ1v) is 7.55. The molecule has 0 bridgehead atoms. The van der Waals surface area contributed by atoms with E-state index >= 15 is 0 Å². The number of aryl methyl sites for hydroxylation is 1. The number of anilines is 1. The Kier molecular flexibility index (Phi) is 5.26. The summed E-state index contributed by atoms with van der Waals surface area (Å²) >= 11 is 6.09. The van der Waals surface area contributed by atoms with Gasteiger partial charge in [-0.15, -0.1) is 0 Å². The van der Waals surface area contributed by atoms with Gasteiger partial charge in [-0.3, -0.25) is 4.79 Å². The molecule has 3 N–H and O–H groups in total. The number of aliphatic hydroxyl groups is 1. The molecule has 3 amide bonds. The predicted molar refractivity (Wildman–Crippen MR) is 85.2 cm³/mol. The van der Waals surface area contributed by atoms with Gasteiger partial charge in [-0.2, -0.15) is 0 Å². The average molecular weight is 326 g/mol. The first kappa shape index (κ1) is 16.6. The number of hydrogen-bond donors (Lipinski definition) is 3. The summed E-state index contributed by atoms with van der Waals surface area (Å²) < 4.78 is 0. The van der Waals surface area contributed by atoms with Crippen LogP contribution in [0, 0.1) is 13.8 Å². The van der Waals surface area contributed by atoms with Gasteiger partial charge in [0, 0.05) is 30.4 Å². The molecule has 1 aromatic rings. The molecule has 7 heteroatoms. The molecule has 22 heavy (non-hydrogen) atoms. The van der Waals surface area contributed by atoms with Crippen LogP contribution < -0.4 is 10.6 Å². The number of nitrogens with one attached hydrogen (secondary N) is 2. The van der Waals surface area contributed by atoms with E-state index in [0.29, 0.717) is 23.8 Å². The molecule has 1 atom stereocenters. The van der Waals surface area contributed by atoms with Crippen molar-refractivity contribution in [3.05, 3.63) is 28.3 Å². The number of halogens is 1. The molecule has 0 spiro atoms. The lowest BCUT2D eigenvalue weighted by Crippen LogP contribution is -2.58. The molecule has 1 aromatic carbocycles. The number of rotatable bonds is 3. The van der Waals surface area contributed by atoms with Crippen LogP contribution in [0.5, 0.6) is 0 Å². The summed E-state index contributed by atoms with van der Waals surface area (Å²) in [7, 11) is 0. The predicted octanol–water partition coefficient (Wildman–Crippen LogP) is 1.67. The number of carbonyl (C=O) groups excluding carboxylic acids is 2. The van der Waals surface area contributed by atoms with Gasteiger partial charge in [0.25, 0.3) is 0 Å². The van der Waals surface area contributed by atoms with Gasteiger partial charge in [-0.05, 0) is 37.5 Å². The highest BCUT2D eigenvalue weighted by molar-refractivity contribution is 6.31. The fourth-order valence-electron chi connectivity index (χ4n) is 2.56. The highest BCUT2D eigenvalue weighted by atomic mass is 35.5. The van der Waals surface area contributed by atoms with Crippen molar-refractivity contribution in [1.82, 2.24) is 10.2 Å². The third kappa shape index (κ3) is 3.34. The number of benzene rings is 1. The largest absolute Gasteiger partial charge is 0.396 e. The number of aliphatic hydroxyl groups excluding tert-OH is 1. The fourth-order valence-corrected chi connectivity index (χ4v) is 2.72. The van der Waals surface area contributed by atoms with E-state index in [-0.39, 0.29) is 25.0 Å². The van der Waals surface area contributed by atoms with Gasteiger partial charge in [0.1, 0.15) is 6.04 Å². The molecule has 0 saturated carbocycles. The van der Waals surface area contributed by atoms with Crippen molar-refractivity contribution >= 4 is 29.2 Å². The lowest BCUT2D eigenvalue weighted by Gasteiger charge is -2.35. The van der Waals surface area contributed by atoms with Crippen LogP contribution in [-0.4, -0.2) is 47.7 Å². The maximum absolute atomic E-state index is 12.5. The molecule has 0 aromatic heterocycles. The van der Waals surface area contributed by atoms with E-state index in [2.05, 4.69) is 10.6 Å². The highest BCUT2D eigenvalue weighted by Crippen LogP contribution is 2.27. The number of nitrogens with zero attached hydrogens (tertiary/aromatic N) is 1. The SMILES string of the molecule is Cc1ccc(Cl)c(C)c1NC(=O)N1CCNC(=O)[C@H]1CCO. The molecule has 1 aliphatic heterocycles. The zero-order valence-electron chi connectivity index (χ0n) is 12.6. The molecule has 6 nitrogen and oxygen atoms in total. The van der Waals surface area contributed by atoms with Crippen molar-refractivity contribution in [3.63, 3.8) is 0 Å². The van der Waals surface area contributed by atoms with E-state index in [9.17, 15) is 9.59 Å². The minimum Gasteiger partial charge on any atom is -0.396 e. The van der Waals surface area contributed by atoms with Crippen LogP contribution in [0.25, 0.3) is 0 Å². The van der Waals surface area contributed by atoms with Crippen LogP contribution in [0.2, 0.25) is 5.02 Å². The summed E-state index contributed by atoms with van der Waals surface area (Å²) in [5, 5.41) is 15.2. The Balaban J connectivity index is 2.21. The van der Waals surface area contributed by atoms with E-state index in [0.717, 1.165) is 11.1 Å². The number of amides is 3. The Morgan fingerprint density at radius 2 is 2.23 bits per heavy atom. The summed E-state index contributed by atoms with van der Waals surface area (Å²) in [6.45, 7) is 4.37. The van der Waals surface area contributed by atoms with Gasteiger partial charge in [0.2, 0.25) is 5.91 Å². The molecule has 2 rings (SSSR count). The molecule has 0 unspecified atom stereocenters. The number of hydrogen-bond acceptors (Lipinski definition) is 3. The lowest BCUT2D eigenvalue weighted by atomic mass is 10.1. The summed E-state index contributed by atoms with van der Waals surface area (Å²) in [4.78, 5) is 25.9. The second kappa shape index (κ2) is 6.98. The zero-order valence-corrected chi connectivity index (χ0v) is 13.4. The second-order valence-electron chi connectivity index (χ2n) is 5.31. The Morgan fingerprint density at radius 1 is 1.50 bits per heavy atom. The minimum absolute atomic E-state index is 0.156. The number of carbonyl (C=O) groups is 2. The quantitative estimate of drug-likeness (QED) is 0.790. The standard InChI is InChI=1S/C15H20ClN3O3/c1-9-3-4-11(16)10(2)13(9)18-15(22)19-7-6-17-14(21)12(19)5-8-20/h3-4,12,20H,5-8H2,1-2H3,(H,17,21)(H,18,22)/t12-/m1/s1. The molecular formula is C15H20ClN3O3. The van der Waals surface area contributed by atoms with Crippen molar-refractivity contribution in [2.45, 2.75) is 26.3 Å². The van der Waals surface area contributed by atoms with Crippen molar-refractivity contribution in [2.75, 3.05) is 25.0 Å². The molecule has 0 radical (unpaired) electrons. The van der Waals surface area contributed by atoms with Gasteiger partial charge < -0.3 is 20.6 Å². The van der Waals surface area contributed by atoms with Crippen molar-refractivity contribution in [3.8, 4) is 0 Å². The molecule has 1 fully saturated rings. The summed E-state index contributed by atoms with van der Waals surface area (Å²) in [5.41, 5.74) is 2.34. The van der Waals surface area contributed by atoms with E-state index in [4.69, 9.17) is 16.7 Å². The summed E-state index contributed by atoms with van der Waals surface area (Å²) in [5.74, 6) is -0.241. The molecule has 0 aliphatic carbocycles. The van der Waals surface area contributed by atoms with Crippen LogP contribution in [0.15, 0.2) is 12.1 Å². The Morgan fingerprint density at radius 3 is 2.91 bits per heavy atom. The fraction of sp³-hybridized carbons (Fsp3) is 0.467. The second-order valence-corrected chi connectivity index (χ2v) is 5.71. The normalized spacial score (nSPS) is 18.1. The van der Waals surface area contributed by atoms with Crippen LogP contribution in [-0.2, 0) is 4.79 Å². The third-order valence-electron chi connectivity index (χ3n) is 3.83. The maximum Gasteiger partial charge on any atom is 0.322 e. The molecule has 120 valence electrons. The average Bonchev–Trinajstić information content (AvgIpc) is 2.49. The first-order valence-electron chi connectivity index (χ1n) is 7.17. The van der Waals surface area contributed by atoms with Crippen LogP contribution >= 0.6 is 11.6 Å². The molecule has 1 saturated heterocycles. The van der Waals surface area contributed by atoms with Crippen molar-refractivity contribution in [1.29, 1.82) is 0 Å². The van der Waals surface area contributed by atoms with Gasteiger partial charge in [0.15, 0.2) is 0 Å². The van der Waals surface area contributed by atoms with Crippen LogP contribution in [0.1, 0.15) is 17.5 Å². The van der Waals surface area contributed by atoms with Crippen LogP contribution in [0.4, 0.5) is 10.5 Å². The number of urea groups is 1. The minimum atomic E-state index is -0.654. The molecular weight excluding hydrogens is 306 g/mol. The Bertz CT molecular complexity index is 592. The van der Waals surface area contributed by atoms with E-state index in [1.165, 1.54) is 4.90 Å². The van der Waals surface area contributed by atoms with Gasteiger partial charge in [0.05, 0.1) is 0 Å². The van der Waals surface area contributed by atoms with Gasteiger partial charge in [-0.1, -0.05) is 17.7 Å². The summed E-state index contributed by atoms with van der Waals surface area (Å²) in [6.07, 6.45) is 0.215. The van der Waals surface area contributed by atoms with E-state index in [1.54, 1.807) is 6.07 Å². The van der Waals surface area contributed by atoms with Gasteiger partial charge in [-0.25, -0.2) is 4.79 Å². The van der Waals surface area contributed by atoms with E-state index < -0.39 is 6.04 Å². The smallest absolute Gasteiger partial charge is 0.322 e. The monoisotopic (exact) mass is 325 g/mol. The maximum atomic E-state index is 12.5. The van der Waals surface area contributed by atoms with E-state index in [1.807, 2.05) is 19.9 Å². The molecule has 1 heterocycles. The van der Waals surface area contributed by atoms with Gasteiger partial charge >= 0.3 is 6.03 Å². The topological polar surface area (TPSA) is 81.7 Å². The third-order valence-corrected chi connectivity index (χ3v) is 4.24. The molecule has 1 aliphatic rings. The zero-order chi connectivity index (χ0) is 16.3. The number of piperazine rings is 1.